The summed E-state index contributed by atoms with van der Waals surface area (Å²) in [6.07, 6.45) is 2.64. The standard InChI is InChI=1S/C6H6AsN2O3/c10-6(11)1-4-2-9-5(7-12)3-8-4/h2-3,12H,1H2,(H,10,11). The molecule has 0 amide bonds. The van der Waals surface area contributed by atoms with E-state index >= 15 is 0 Å². The predicted octanol–water partition coefficient (Wildman–Crippen LogP) is -1.66. The Kier molecular flexibility index (Phi) is 3.19. The number of carboxylic acids is 1. The van der Waals surface area contributed by atoms with Gasteiger partial charge in [0.05, 0.1) is 0 Å². The molecular formula is C6H6AsN2O3. The first-order valence-corrected chi connectivity index (χ1v) is 4.88. The molecule has 1 aromatic heterocycles. The summed E-state index contributed by atoms with van der Waals surface area (Å²) >= 11 is -0.918. The summed E-state index contributed by atoms with van der Waals surface area (Å²) < 4.78 is 9.21. The summed E-state index contributed by atoms with van der Waals surface area (Å²) in [4.78, 5) is 17.8. The van der Waals surface area contributed by atoms with Crippen LogP contribution in [0.4, 0.5) is 0 Å². The van der Waals surface area contributed by atoms with Gasteiger partial charge in [0, 0.05) is 0 Å². The zero-order valence-corrected chi connectivity index (χ0v) is 7.88. The Morgan fingerprint density at radius 1 is 1.50 bits per heavy atom. The van der Waals surface area contributed by atoms with E-state index < -0.39 is 22.1 Å². The molecule has 2 N–H and O–H groups in total. The predicted molar refractivity (Wildman–Crippen MR) is 41.0 cm³/mol. The number of rotatable bonds is 3. The Bertz CT molecular complexity index is 275. The molecule has 6 heteroatoms. The normalized spacial score (nSPS) is 10.8. The van der Waals surface area contributed by atoms with Crippen molar-refractivity contribution in [2.45, 2.75) is 6.42 Å². The number of aliphatic carboxylic acids is 1. The van der Waals surface area contributed by atoms with Crippen molar-refractivity contribution in [2.75, 3.05) is 0 Å². The molecule has 0 aliphatic heterocycles. The van der Waals surface area contributed by atoms with E-state index in [1.807, 2.05) is 0 Å². The average molecular weight is 229 g/mol. The van der Waals surface area contributed by atoms with Crippen LogP contribution in [0, 0.1) is 0 Å². The number of carboxylic acid groups (broad SMARTS) is 1. The maximum absolute atomic E-state index is 10.2. The monoisotopic (exact) mass is 229 g/mol. The van der Waals surface area contributed by atoms with Crippen LogP contribution in [-0.4, -0.2) is 41.2 Å². The van der Waals surface area contributed by atoms with E-state index in [4.69, 9.17) is 9.20 Å². The van der Waals surface area contributed by atoms with Crippen molar-refractivity contribution in [2.24, 2.45) is 0 Å². The van der Waals surface area contributed by atoms with Crippen molar-refractivity contribution in [3.05, 3.63) is 18.1 Å². The van der Waals surface area contributed by atoms with Gasteiger partial charge in [-0.3, -0.25) is 0 Å². The summed E-state index contributed by atoms with van der Waals surface area (Å²) in [5, 5.41) is 8.38. The van der Waals surface area contributed by atoms with Crippen LogP contribution < -0.4 is 4.48 Å². The van der Waals surface area contributed by atoms with Crippen molar-refractivity contribution in [1.82, 2.24) is 9.97 Å². The molecule has 0 atom stereocenters. The molecule has 1 radical (unpaired) electrons. The molecule has 63 valence electrons. The van der Waals surface area contributed by atoms with Gasteiger partial charge < -0.3 is 0 Å². The molecule has 0 aromatic carbocycles. The molecule has 1 aromatic rings. The fourth-order valence-electron chi connectivity index (χ4n) is 0.646. The van der Waals surface area contributed by atoms with Gasteiger partial charge in [-0.2, -0.15) is 0 Å². The number of carbonyl (C=O) groups is 1. The topological polar surface area (TPSA) is 83.3 Å². The van der Waals surface area contributed by atoms with Crippen molar-refractivity contribution in [3.63, 3.8) is 0 Å². The Hall–Kier alpha value is -0.932. The second-order valence-corrected chi connectivity index (χ2v) is 3.42. The van der Waals surface area contributed by atoms with Crippen LogP contribution in [0.5, 0.6) is 0 Å². The third-order valence-electron chi connectivity index (χ3n) is 1.13. The first-order valence-electron chi connectivity index (χ1n) is 3.10. The maximum atomic E-state index is 10.2. The van der Waals surface area contributed by atoms with Crippen molar-refractivity contribution in [1.29, 1.82) is 0 Å². The molecule has 0 unspecified atom stereocenters. The fraction of sp³-hybridized carbons (Fsp3) is 0.167. The van der Waals surface area contributed by atoms with Gasteiger partial charge in [0.25, 0.3) is 0 Å². The molecule has 0 saturated carbocycles. The molecule has 0 bridgehead atoms. The van der Waals surface area contributed by atoms with E-state index in [0.29, 0.717) is 10.2 Å². The van der Waals surface area contributed by atoms with Crippen molar-refractivity contribution < 1.29 is 14.0 Å². The van der Waals surface area contributed by atoms with E-state index in [0.717, 1.165) is 0 Å². The quantitative estimate of drug-likeness (QED) is 0.606. The zero-order valence-electron chi connectivity index (χ0n) is 6.01. The number of nitrogens with zero attached hydrogens (tertiary/aromatic N) is 2. The van der Waals surface area contributed by atoms with Crippen molar-refractivity contribution >= 4 is 26.5 Å². The first kappa shape index (κ1) is 9.16. The Balaban J connectivity index is 2.71. The van der Waals surface area contributed by atoms with Crippen LogP contribution in [0.25, 0.3) is 0 Å². The Morgan fingerprint density at radius 3 is 2.67 bits per heavy atom. The zero-order chi connectivity index (χ0) is 8.97. The Labute approximate surface area is 75.5 Å². The average Bonchev–Trinajstić information content (AvgIpc) is 2.05. The van der Waals surface area contributed by atoms with E-state index in [-0.39, 0.29) is 6.42 Å². The van der Waals surface area contributed by atoms with Gasteiger partial charge in [0.15, 0.2) is 0 Å². The van der Waals surface area contributed by atoms with Gasteiger partial charge in [-0.15, -0.1) is 0 Å². The second-order valence-electron chi connectivity index (χ2n) is 2.04. The second kappa shape index (κ2) is 4.18. The van der Waals surface area contributed by atoms with E-state index in [1.165, 1.54) is 12.4 Å². The summed E-state index contributed by atoms with van der Waals surface area (Å²) in [5.74, 6) is -0.936. The minimum atomic E-state index is -0.936. The summed E-state index contributed by atoms with van der Waals surface area (Å²) in [6, 6.07) is 0. The molecule has 5 nitrogen and oxygen atoms in total. The van der Waals surface area contributed by atoms with Crippen LogP contribution in [0.2, 0.25) is 0 Å². The van der Waals surface area contributed by atoms with Gasteiger partial charge in [0.1, 0.15) is 0 Å². The molecular weight excluding hydrogens is 223 g/mol. The summed E-state index contributed by atoms with van der Waals surface area (Å²) in [5.41, 5.74) is 0.404. The third kappa shape index (κ3) is 2.60. The molecule has 1 rings (SSSR count). The van der Waals surface area contributed by atoms with Crippen LogP contribution in [0.3, 0.4) is 0 Å². The van der Waals surface area contributed by atoms with E-state index in [2.05, 4.69) is 9.97 Å². The molecule has 12 heavy (non-hydrogen) atoms. The van der Waals surface area contributed by atoms with Gasteiger partial charge in [-0.1, -0.05) is 0 Å². The number of hydrogen-bond donors (Lipinski definition) is 2. The van der Waals surface area contributed by atoms with Gasteiger partial charge in [-0.25, -0.2) is 0 Å². The van der Waals surface area contributed by atoms with Gasteiger partial charge in [0.2, 0.25) is 0 Å². The van der Waals surface area contributed by atoms with E-state index in [1.54, 1.807) is 0 Å². The molecule has 0 aliphatic carbocycles. The molecule has 0 spiro atoms. The SMILES string of the molecule is O=C(O)Cc1cnc([As]O)cn1. The van der Waals surface area contributed by atoms with Crippen LogP contribution in [0.15, 0.2) is 12.4 Å². The summed E-state index contributed by atoms with van der Waals surface area (Å²) in [7, 11) is 0. The number of hydrogen-bond acceptors (Lipinski definition) is 4. The third-order valence-corrected chi connectivity index (χ3v) is 2.04. The Morgan fingerprint density at radius 2 is 2.25 bits per heavy atom. The van der Waals surface area contributed by atoms with Gasteiger partial charge in [-0.05, 0) is 0 Å². The first-order chi connectivity index (χ1) is 5.72. The fourth-order valence-corrected chi connectivity index (χ4v) is 1.10. The van der Waals surface area contributed by atoms with Crippen LogP contribution in [0.1, 0.15) is 5.69 Å². The minimum absolute atomic E-state index is 0.130. The molecule has 0 aliphatic rings. The number of aromatic nitrogens is 2. The molecule has 1 heterocycles. The van der Waals surface area contributed by atoms with Crippen LogP contribution >= 0.6 is 0 Å². The van der Waals surface area contributed by atoms with Gasteiger partial charge >= 0.3 is 75.0 Å². The van der Waals surface area contributed by atoms with Crippen LogP contribution in [-0.2, 0) is 11.2 Å². The molecule has 0 saturated heterocycles. The van der Waals surface area contributed by atoms with E-state index in [9.17, 15) is 4.79 Å². The van der Waals surface area contributed by atoms with Crippen molar-refractivity contribution in [3.8, 4) is 0 Å². The molecule has 0 fully saturated rings. The summed E-state index contributed by atoms with van der Waals surface area (Å²) in [6.45, 7) is 0.